The maximum Gasteiger partial charge on any atom is 0.278 e. The smallest absolute Gasteiger partial charge is 0.278 e. The number of amides is 2. The number of carbonyl (C=O) groups is 2. The molecule has 0 aliphatic rings. The van der Waals surface area contributed by atoms with Gasteiger partial charge in [0, 0.05) is 29.1 Å². The predicted octanol–water partition coefficient (Wildman–Crippen LogP) is 5.27. The number of aliphatic hydroxyl groups is 2. The number of hydrogen-bond acceptors (Lipinski definition) is 7. The third-order valence-corrected chi connectivity index (χ3v) is 6.54. The van der Waals surface area contributed by atoms with Crippen molar-refractivity contribution in [1.29, 1.82) is 0 Å². The maximum absolute atomic E-state index is 13.8. The van der Waals surface area contributed by atoms with E-state index >= 15 is 0 Å². The molecule has 0 radical (unpaired) electrons. The molecule has 9 heteroatoms. The van der Waals surface area contributed by atoms with E-state index in [9.17, 15) is 15.0 Å². The molecular formula is C33H37N3O6. The van der Waals surface area contributed by atoms with Crippen LogP contribution in [0.15, 0.2) is 103 Å². The number of nitrogens with one attached hydrogen (secondary N) is 1. The van der Waals surface area contributed by atoms with Gasteiger partial charge in [0.1, 0.15) is 5.75 Å². The van der Waals surface area contributed by atoms with E-state index in [0.29, 0.717) is 23.5 Å². The Bertz CT molecular complexity index is 1370. The molecule has 0 saturated carbocycles. The highest BCUT2D eigenvalue weighted by Gasteiger charge is 2.38. The number of para-hydroxylation sites is 1. The molecule has 4 N–H and O–H groups in total. The number of rotatable bonds is 13. The topological polar surface area (TPSA) is 132 Å². The average Bonchev–Trinajstić information content (AvgIpc) is 3.04. The number of hydroxylamine groups is 1. The third kappa shape index (κ3) is 8.97. The van der Waals surface area contributed by atoms with E-state index in [-0.39, 0.29) is 18.5 Å². The van der Waals surface area contributed by atoms with Gasteiger partial charge in [-0.05, 0) is 47.9 Å². The monoisotopic (exact) mass is 571 g/mol. The summed E-state index contributed by atoms with van der Waals surface area (Å²) >= 11 is 0. The molecule has 0 saturated heterocycles. The molecule has 0 spiro atoms. The van der Waals surface area contributed by atoms with Gasteiger partial charge < -0.3 is 14.9 Å². The van der Waals surface area contributed by atoms with Crippen LogP contribution in [-0.2, 0) is 17.3 Å². The van der Waals surface area contributed by atoms with Gasteiger partial charge in [0.2, 0.25) is 6.41 Å². The van der Waals surface area contributed by atoms with Crippen LogP contribution in [0, 0.1) is 0 Å². The minimum atomic E-state index is -2.55. The minimum absolute atomic E-state index is 0.0576. The van der Waals surface area contributed by atoms with Crippen molar-refractivity contribution in [2.24, 2.45) is 0 Å². The van der Waals surface area contributed by atoms with E-state index in [2.05, 4.69) is 11.9 Å². The van der Waals surface area contributed by atoms with Crippen LogP contribution in [-0.4, -0.2) is 44.2 Å². The van der Waals surface area contributed by atoms with E-state index in [1.807, 2.05) is 48.5 Å². The Morgan fingerprint density at radius 1 is 0.881 bits per heavy atom. The molecule has 9 nitrogen and oxygen atoms in total. The first-order valence-electron chi connectivity index (χ1n) is 13.8. The number of unbranched alkanes of at least 4 members (excludes halogenated alkanes) is 3. The molecule has 0 unspecified atom stereocenters. The average molecular weight is 572 g/mol. The van der Waals surface area contributed by atoms with Crippen LogP contribution < -0.4 is 10.2 Å². The molecule has 0 bridgehead atoms. The maximum atomic E-state index is 13.8. The van der Waals surface area contributed by atoms with E-state index in [0.717, 1.165) is 41.7 Å². The highest BCUT2D eigenvalue weighted by Crippen LogP contribution is 2.30. The number of nitrogens with zero attached hydrogens (tertiary/aromatic N) is 2. The minimum Gasteiger partial charge on any atom is -0.493 e. The van der Waals surface area contributed by atoms with Gasteiger partial charge in [0.15, 0.2) is 0 Å². The zero-order chi connectivity index (χ0) is 30.2. The molecule has 0 aliphatic heterocycles. The molecule has 1 heterocycles. The van der Waals surface area contributed by atoms with Gasteiger partial charge in [-0.15, -0.1) is 0 Å². The second kappa shape index (κ2) is 16.6. The van der Waals surface area contributed by atoms with Crippen LogP contribution in [0.2, 0.25) is 0 Å². The van der Waals surface area contributed by atoms with Crippen LogP contribution in [0.3, 0.4) is 0 Å². The van der Waals surface area contributed by atoms with Crippen LogP contribution >= 0.6 is 0 Å². The first-order chi connectivity index (χ1) is 20.4. The molecular weight excluding hydrogens is 534 g/mol. The number of ether oxygens (including phenoxy) is 1. The fraction of sp³-hybridized carbons (Fsp3) is 0.242. The van der Waals surface area contributed by atoms with Crippen molar-refractivity contribution in [3.8, 4) is 16.9 Å². The Hall–Kier alpha value is -4.57. The summed E-state index contributed by atoms with van der Waals surface area (Å²) in [5.74, 6) is -2.44. The zero-order valence-electron chi connectivity index (χ0n) is 23.6. The van der Waals surface area contributed by atoms with Crippen molar-refractivity contribution in [1.82, 2.24) is 15.4 Å². The predicted molar refractivity (Wildman–Crippen MR) is 159 cm³/mol. The molecule has 0 aliphatic carbocycles. The summed E-state index contributed by atoms with van der Waals surface area (Å²) in [5.41, 5.74) is 4.38. The quantitative estimate of drug-likeness (QED) is 0.0565. The number of hydrogen-bond donors (Lipinski definition) is 4. The molecule has 4 rings (SSSR count). The lowest BCUT2D eigenvalue weighted by molar-refractivity contribution is -0.259. The van der Waals surface area contributed by atoms with Crippen LogP contribution in [0.5, 0.6) is 5.75 Å². The number of carbonyl (C=O) groups excluding carboxylic acids is 2. The standard InChI is InChI=1S/C32H34N2O4.CH3NO2/c1-2-3-4-10-23-38-30-14-9-8-11-28(30)24-34(32(36,37)29-12-6-5-7-13-29)31(35)27-17-15-25(16-18-27)26-19-21-33-22-20-26;3-1-2-4/h5-9,11-22,36-37H,2-4,10,23-24H2,1H3;1,4H,(H,2,3). The van der Waals surface area contributed by atoms with E-state index in [1.54, 1.807) is 54.9 Å². The summed E-state index contributed by atoms with van der Waals surface area (Å²) < 4.78 is 6.05. The first kappa shape index (κ1) is 32.0. The van der Waals surface area contributed by atoms with Crippen LogP contribution in [0.1, 0.15) is 54.1 Å². The Morgan fingerprint density at radius 3 is 2.14 bits per heavy atom. The molecule has 2 amide bonds. The van der Waals surface area contributed by atoms with Gasteiger partial charge in [-0.3, -0.25) is 24.7 Å². The zero-order valence-corrected chi connectivity index (χ0v) is 23.6. The molecule has 42 heavy (non-hydrogen) atoms. The van der Waals surface area contributed by atoms with E-state index < -0.39 is 11.8 Å². The van der Waals surface area contributed by atoms with Crippen LogP contribution in [0.25, 0.3) is 11.1 Å². The molecule has 3 aromatic carbocycles. The Morgan fingerprint density at radius 2 is 1.50 bits per heavy atom. The van der Waals surface area contributed by atoms with Crippen molar-refractivity contribution in [3.63, 3.8) is 0 Å². The van der Waals surface area contributed by atoms with Gasteiger partial charge in [-0.2, -0.15) is 0 Å². The largest absolute Gasteiger partial charge is 0.493 e. The highest BCUT2D eigenvalue weighted by atomic mass is 16.5. The second-order valence-electron chi connectivity index (χ2n) is 9.47. The highest BCUT2D eigenvalue weighted by molar-refractivity contribution is 5.95. The van der Waals surface area contributed by atoms with Gasteiger partial charge in [-0.1, -0.05) is 86.8 Å². The summed E-state index contributed by atoms with van der Waals surface area (Å²) in [4.78, 5) is 27.7. The van der Waals surface area contributed by atoms with E-state index in [1.165, 1.54) is 5.48 Å². The Balaban J connectivity index is 0.00000114. The molecule has 0 atom stereocenters. The van der Waals surface area contributed by atoms with Crippen molar-refractivity contribution in [2.75, 3.05) is 6.61 Å². The normalized spacial score (nSPS) is 10.7. The Labute approximate surface area is 246 Å². The molecule has 0 fully saturated rings. The van der Waals surface area contributed by atoms with Crippen LogP contribution in [0.4, 0.5) is 0 Å². The lowest BCUT2D eigenvalue weighted by atomic mass is 10.0. The van der Waals surface area contributed by atoms with Gasteiger partial charge in [0.05, 0.1) is 13.2 Å². The van der Waals surface area contributed by atoms with Crippen molar-refractivity contribution in [2.45, 2.75) is 45.1 Å². The lowest BCUT2D eigenvalue weighted by Crippen LogP contribution is -2.49. The summed E-state index contributed by atoms with van der Waals surface area (Å²) in [5, 5.41) is 30.0. The van der Waals surface area contributed by atoms with Gasteiger partial charge >= 0.3 is 0 Å². The molecule has 1 aromatic heterocycles. The summed E-state index contributed by atoms with van der Waals surface area (Å²) in [6.45, 7) is 2.67. The summed E-state index contributed by atoms with van der Waals surface area (Å²) in [6, 6.07) is 26.6. The molecule has 4 aromatic rings. The fourth-order valence-electron chi connectivity index (χ4n) is 4.30. The van der Waals surface area contributed by atoms with Gasteiger partial charge in [-0.25, -0.2) is 5.48 Å². The number of aromatic nitrogens is 1. The second-order valence-corrected chi connectivity index (χ2v) is 9.47. The third-order valence-electron chi connectivity index (χ3n) is 6.54. The fourth-order valence-corrected chi connectivity index (χ4v) is 4.30. The Kier molecular flexibility index (Phi) is 12.7. The molecule has 220 valence electrons. The van der Waals surface area contributed by atoms with E-state index in [4.69, 9.17) is 14.7 Å². The number of benzene rings is 3. The lowest BCUT2D eigenvalue weighted by Gasteiger charge is -2.36. The van der Waals surface area contributed by atoms with Gasteiger partial charge in [0.25, 0.3) is 11.8 Å². The first-order valence-corrected chi connectivity index (χ1v) is 13.8. The summed E-state index contributed by atoms with van der Waals surface area (Å²) in [7, 11) is 0. The summed E-state index contributed by atoms with van der Waals surface area (Å²) in [6.07, 6.45) is 7.93. The van der Waals surface area contributed by atoms with Crippen molar-refractivity contribution < 1.29 is 29.7 Å². The van der Waals surface area contributed by atoms with Crippen molar-refractivity contribution >= 4 is 12.3 Å². The van der Waals surface area contributed by atoms with Crippen molar-refractivity contribution in [3.05, 3.63) is 120 Å². The SMILES string of the molecule is CCCCCCOc1ccccc1CN(C(=O)c1ccc(-c2ccncc2)cc1)C(O)(O)c1ccccc1.O=CNO. The number of pyridine rings is 1.